The highest BCUT2D eigenvalue weighted by Gasteiger charge is 2.90. The maximum atomic E-state index is 14.0. The van der Waals surface area contributed by atoms with Gasteiger partial charge in [0, 0.05) is 6.42 Å². The Balaban J connectivity index is 2.03. The van der Waals surface area contributed by atoms with Crippen molar-refractivity contribution in [2.75, 3.05) is 0 Å². The Labute approximate surface area is 221 Å². The molecule has 1 aliphatic rings. The van der Waals surface area contributed by atoms with Crippen LogP contribution < -0.4 is 4.74 Å². The number of unbranched alkanes of at least 4 members (excludes halogenated alkanes) is 1. The van der Waals surface area contributed by atoms with Gasteiger partial charge in [-0.25, -0.2) is 0 Å². The molecule has 0 saturated heterocycles. The van der Waals surface area contributed by atoms with E-state index >= 15 is 0 Å². The molecule has 40 heavy (non-hydrogen) atoms. The third kappa shape index (κ3) is 6.63. The van der Waals surface area contributed by atoms with Crippen molar-refractivity contribution < 1.29 is 66.6 Å². The van der Waals surface area contributed by atoms with Gasteiger partial charge < -0.3 is 4.74 Å². The van der Waals surface area contributed by atoms with Crippen molar-refractivity contribution in [2.24, 2.45) is 11.8 Å². The van der Waals surface area contributed by atoms with E-state index in [1.54, 1.807) is 0 Å². The van der Waals surface area contributed by atoms with Gasteiger partial charge in [-0.05, 0) is 55.7 Å². The normalized spacial score (nSPS) is 19.9. The average Bonchev–Trinajstić information content (AvgIpc) is 2.86. The quantitative estimate of drug-likeness (QED) is 0.135. The van der Waals surface area contributed by atoms with Crippen molar-refractivity contribution >= 4 is 5.97 Å². The van der Waals surface area contributed by atoms with Crippen LogP contribution in [0, 0.1) is 11.8 Å². The smallest absolute Gasteiger partial charge is 0.426 e. The number of carbonyl (C=O) groups excluding carboxylic acids is 1. The summed E-state index contributed by atoms with van der Waals surface area (Å²) in [6.45, 7) is 2.07. The van der Waals surface area contributed by atoms with Crippen molar-refractivity contribution in [3.05, 3.63) is 29.8 Å². The average molecular weight is 606 g/mol. The first-order chi connectivity index (χ1) is 18.1. The van der Waals surface area contributed by atoms with Gasteiger partial charge in [-0.15, -0.1) is 0 Å². The van der Waals surface area contributed by atoms with Crippen molar-refractivity contribution in [3.63, 3.8) is 0 Å². The van der Waals surface area contributed by atoms with Crippen LogP contribution in [0.4, 0.5) is 57.1 Å². The predicted molar refractivity (Wildman–Crippen MR) is 116 cm³/mol. The van der Waals surface area contributed by atoms with Gasteiger partial charge in [0.1, 0.15) is 5.75 Å². The molecular formula is C25H27F13O2. The summed E-state index contributed by atoms with van der Waals surface area (Å²) in [5.74, 6) is -37.4. The van der Waals surface area contributed by atoms with E-state index in [2.05, 4.69) is 6.92 Å². The Hall–Kier alpha value is -2.22. The van der Waals surface area contributed by atoms with Gasteiger partial charge in [0.2, 0.25) is 0 Å². The molecule has 0 amide bonds. The van der Waals surface area contributed by atoms with E-state index in [1.165, 1.54) is 0 Å². The third-order valence-electron chi connectivity index (χ3n) is 7.01. The number of hydrogen-bond acceptors (Lipinski definition) is 2. The fraction of sp³-hybridized carbons (Fsp3) is 0.720. The summed E-state index contributed by atoms with van der Waals surface area (Å²) in [7, 11) is 0. The zero-order valence-electron chi connectivity index (χ0n) is 21.1. The van der Waals surface area contributed by atoms with Crippen LogP contribution in [0.3, 0.4) is 0 Å². The van der Waals surface area contributed by atoms with Crippen LogP contribution in [0.25, 0.3) is 0 Å². The van der Waals surface area contributed by atoms with Gasteiger partial charge in [-0.2, -0.15) is 57.1 Å². The number of benzene rings is 1. The highest BCUT2D eigenvalue weighted by atomic mass is 19.4. The van der Waals surface area contributed by atoms with Crippen LogP contribution in [-0.4, -0.2) is 41.8 Å². The van der Waals surface area contributed by atoms with Crippen LogP contribution >= 0.6 is 0 Å². The molecule has 1 aliphatic carbocycles. The minimum Gasteiger partial charge on any atom is -0.426 e. The lowest BCUT2D eigenvalue weighted by Gasteiger charge is -2.39. The Kier molecular flexibility index (Phi) is 10.1. The van der Waals surface area contributed by atoms with Crippen molar-refractivity contribution in [1.29, 1.82) is 0 Å². The number of hydrogen-bond donors (Lipinski definition) is 0. The zero-order chi connectivity index (χ0) is 30.8. The van der Waals surface area contributed by atoms with Crippen LogP contribution in [0.5, 0.6) is 5.75 Å². The first-order valence-corrected chi connectivity index (χ1v) is 12.4. The first-order valence-electron chi connectivity index (χ1n) is 12.4. The standard InChI is InChI=1S/C25H27F13O2/c1-2-3-4-15-5-9-17(10-6-15)19(39)40-18-11-7-16(8-12-18)13-14-20(26,27)21(28,29)22(30,31)23(32,33)24(34,35)25(36,37)38/h7-8,11-12,15,17H,2-6,9-10,13-14H2,1H3. The van der Waals surface area contributed by atoms with Gasteiger partial charge in [0.15, 0.2) is 0 Å². The molecule has 0 spiro atoms. The largest absolute Gasteiger partial charge is 0.460 e. The van der Waals surface area contributed by atoms with Crippen LogP contribution in [0.1, 0.15) is 63.9 Å². The van der Waals surface area contributed by atoms with Crippen LogP contribution in [0.15, 0.2) is 24.3 Å². The molecule has 1 saturated carbocycles. The summed E-state index contributed by atoms with van der Waals surface area (Å²) < 4.78 is 177. The number of alkyl halides is 13. The number of halogens is 13. The van der Waals surface area contributed by atoms with E-state index in [1.807, 2.05) is 0 Å². The van der Waals surface area contributed by atoms with E-state index in [9.17, 15) is 61.9 Å². The Morgan fingerprint density at radius 1 is 0.750 bits per heavy atom. The molecule has 1 fully saturated rings. The molecule has 0 heterocycles. The lowest BCUT2D eigenvalue weighted by Crippen LogP contribution is -2.70. The second-order valence-electron chi connectivity index (χ2n) is 9.92. The summed E-state index contributed by atoms with van der Waals surface area (Å²) in [5.41, 5.74) is -0.262. The van der Waals surface area contributed by atoms with Crippen molar-refractivity contribution in [2.45, 2.75) is 101 Å². The lowest BCUT2D eigenvalue weighted by atomic mass is 9.80. The van der Waals surface area contributed by atoms with E-state index < -0.39 is 54.6 Å². The molecule has 230 valence electrons. The predicted octanol–water partition coefficient (Wildman–Crippen LogP) is 9.26. The fourth-order valence-corrected chi connectivity index (χ4v) is 4.36. The monoisotopic (exact) mass is 606 g/mol. The van der Waals surface area contributed by atoms with Gasteiger partial charge in [0.05, 0.1) is 5.92 Å². The topological polar surface area (TPSA) is 26.3 Å². The number of aryl methyl sites for hydroxylation is 1. The van der Waals surface area contributed by atoms with E-state index in [0.717, 1.165) is 56.4 Å². The molecule has 15 heteroatoms. The molecule has 0 radical (unpaired) electrons. The molecule has 0 atom stereocenters. The molecule has 0 bridgehead atoms. The molecule has 0 aromatic heterocycles. The van der Waals surface area contributed by atoms with E-state index in [0.29, 0.717) is 18.8 Å². The molecule has 0 aliphatic heterocycles. The molecule has 1 aromatic carbocycles. The molecule has 2 nitrogen and oxygen atoms in total. The summed E-state index contributed by atoms with van der Waals surface area (Å²) in [6, 6.07) is 4.10. The Morgan fingerprint density at radius 2 is 1.25 bits per heavy atom. The first kappa shape index (κ1) is 34.0. The fourth-order valence-electron chi connectivity index (χ4n) is 4.36. The summed E-state index contributed by atoms with van der Waals surface area (Å²) in [5, 5.41) is 0. The van der Waals surface area contributed by atoms with Crippen molar-refractivity contribution in [1.82, 2.24) is 0 Å². The SMILES string of the molecule is CCCCC1CCC(C(=O)Oc2ccc(CCC(F)(F)C(F)(F)C(F)(F)C(F)(F)C(F)(F)C(F)(F)F)cc2)CC1. The number of esters is 1. The van der Waals surface area contributed by atoms with Crippen LogP contribution in [-0.2, 0) is 11.2 Å². The maximum absolute atomic E-state index is 14.0. The molecule has 0 N–H and O–H groups in total. The Morgan fingerprint density at radius 3 is 1.73 bits per heavy atom. The lowest BCUT2D eigenvalue weighted by molar-refractivity contribution is -0.440. The minimum absolute atomic E-state index is 0.0560. The number of carbonyl (C=O) groups is 1. The van der Waals surface area contributed by atoms with Gasteiger partial charge in [-0.1, -0.05) is 38.3 Å². The highest BCUT2D eigenvalue weighted by Crippen LogP contribution is 2.60. The second kappa shape index (κ2) is 11.9. The van der Waals surface area contributed by atoms with Crippen molar-refractivity contribution in [3.8, 4) is 5.75 Å². The molecular weight excluding hydrogens is 579 g/mol. The highest BCUT2D eigenvalue weighted by molar-refractivity contribution is 5.75. The zero-order valence-corrected chi connectivity index (χ0v) is 21.1. The summed E-state index contributed by atoms with van der Waals surface area (Å²) in [4.78, 5) is 12.4. The molecule has 1 aromatic rings. The summed E-state index contributed by atoms with van der Waals surface area (Å²) in [6.07, 6.45) is -4.86. The van der Waals surface area contributed by atoms with E-state index in [4.69, 9.17) is 4.74 Å². The van der Waals surface area contributed by atoms with E-state index in [-0.39, 0.29) is 17.2 Å². The second-order valence-corrected chi connectivity index (χ2v) is 9.92. The summed E-state index contributed by atoms with van der Waals surface area (Å²) >= 11 is 0. The van der Waals surface area contributed by atoms with Gasteiger partial charge >= 0.3 is 41.8 Å². The third-order valence-corrected chi connectivity index (χ3v) is 7.01. The minimum atomic E-state index is -7.91. The van der Waals surface area contributed by atoms with Gasteiger partial charge in [-0.3, -0.25) is 4.79 Å². The number of ether oxygens (including phenoxy) is 1. The molecule has 2 rings (SSSR count). The number of rotatable bonds is 12. The Bertz CT molecular complexity index is 979. The maximum Gasteiger partial charge on any atom is 0.460 e. The molecule has 0 unspecified atom stereocenters. The van der Waals surface area contributed by atoms with Crippen LogP contribution in [0.2, 0.25) is 0 Å². The van der Waals surface area contributed by atoms with Gasteiger partial charge in [0.25, 0.3) is 0 Å².